The molecule has 0 unspecified atom stereocenters. The van der Waals surface area contributed by atoms with Crippen LogP contribution in [-0.4, -0.2) is 20.5 Å². The predicted molar refractivity (Wildman–Crippen MR) is 122 cm³/mol. The zero-order chi connectivity index (χ0) is 21.3. The normalized spacial score (nSPS) is 12.3. The van der Waals surface area contributed by atoms with Crippen LogP contribution in [0, 0.1) is 20.8 Å². The van der Waals surface area contributed by atoms with Gasteiger partial charge in [-0.3, -0.25) is 4.79 Å². The number of carbonyl (C=O) groups is 1. The molecule has 30 heavy (non-hydrogen) atoms. The molecule has 4 aromatic rings. The average molecular weight is 419 g/mol. The largest absolute Gasteiger partial charge is 0.349 e. The maximum atomic E-state index is 12.5. The Morgan fingerprint density at radius 1 is 1.10 bits per heavy atom. The number of fused-ring (bicyclic) bond motifs is 1. The lowest BCUT2D eigenvalue weighted by molar-refractivity contribution is -0.121. The number of benzene rings is 1. The molecule has 4 rings (SSSR count). The molecule has 1 amide bonds. The van der Waals surface area contributed by atoms with Crippen LogP contribution >= 0.6 is 11.3 Å². The van der Waals surface area contributed by atoms with E-state index < -0.39 is 0 Å². The molecule has 0 spiro atoms. The van der Waals surface area contributed by atoms with Crippen LogP contribution in [0.5, 0.6) is 0 Å². The molecule has 0 aliphatic rings. The minimum Gasteiger partial charge on any atom is -0.349 e. The smallest absolute Gasteiger partial charge is 0.220 e. The van der Waals surface area contributed by atoms with Gasteiger partial charge < -0.3 is 5.32 Å². The topological polar surface area (TPSA) is 59.3 Å². The van der Waals surface area contributed by atoms with E-state index in [-0.39, 0.29) is 11.9 Å². The lowest BCUT2D eigenvalue weighted by Crippen LogP contribution is -2.26. The molecule has 0 aliphatic heterocycles. The standard InChI is InChI=1S/C24H26N4OS/c1-15-20(12-13-22(29)25-16(2)21-11-8-14-30-21)18(4)28-24(26-15)23(17(3)27-28)19-9-6-5-7-10-19/h5-11,14,16H,12-13H2,1-4H3,(H,25,29)/t16-/m1/s1. The highest BCUT2D eigenvalue weighted by Gasteiger charge is 2.19. The number of hydrogen-bond acceptors (Lipinski definition) is 4. The number of rotatable bonds is 6. The van der Waals surface area contributed by atoms with Crippen molar-refractivity contribution in [3.8, 4) is 11.1 Å². The van der Waals surface area contributed by atoms with Gasteiger partial charge in [0.2, 0.25) is 5.91 Å². The third kappa shape index (κ3) is 3.87. The van der Waals surface area contributed by atoms with Gasteiger partial charge in [0.1, 0.15) is 0 Å². The van der Waals surface area contributed by atoms with E-state index in [1.165, 1.54) is 4.88 Å². The molecule has 6 heteroatoms. The van der Waals surface area contributed by atoms with Crippen molar-refractivity contribution >= 4 is 22.9 Å². The van der Waals surface area contributed by atoms with Crippen LogP contribution in [0.25, 0.3) is 16.8 Å². The third-order valence-electron chi connectivity index (χ3n) is 5.51. The zero-order valence-electron chi connectivity index (χ0n) is 17.8. The summed E-state index contributed by atoms with van der Waals surface area (Å²) in [5, 5.41) is 9.88. The molecule has 0 saturated carbocycles. The quantitative estimate of drug-likeness (QED) is 0.469. The fourth-order valence-electron chi connectivity index (χ4n) is 3.93. The molecule has 3 aromatic heterocycles. The number of carbonyl (C=O) groups excluding carboxylic acids is 1. The van der Waals surface area contributed by atoms with Crippen LogP contribution in [0.15, 0.2) is 47.8 Å². The van der Waals surface area contributed by atoms with Gasteiger partial charge in [0.25, 0.3) is 0 Å². The van der Waals surface area contributed by atoms with Crippen molar-refractivity contribution in [1.29, 1.82) is 0 Å². The molecule has 1 N–H and O–H groups in total. The minimum absolute atomic E-state index is 0.0301. The summed E-state index contributed by atoms with van der Waals surface area (Å²) in [5.74, 6) is 0.0522. The first kappa shape index (κ1) is 20.3. The number of aromatic nitrogens is 3. The second-order valence-corrected chi connectivity index (χ2v) is 8.61. The molecule has 0 radical (unpaired) electrons. The summed E-state index contributed by atoms with van der Waals surface area (Å²) >= 11 is 1.66. The number of thiophene rings is 1. The lowest BCUT2D eigenvalue weighted by atomic mass is 10.0. The first-order chi connectivity index (χ1) is 14.5. The minimum atomic E-state index is 0.0301. The van der Waals surface area contributed by atoms with Gasteiger partial charge in [0.15, 0.2) is 5.65 Å². The van der Waals surface area contributed by atoms with Crippen molar-refractivity contribution in [3.63, 3.8) is 0 Å². The molecule has 0 fully saturated rings. The van der Waals surface area contributed by atoms with Gasteiger partial charge in [-0.25, -0.2) is 9.50 Å². The molecule has 154 valence electrons. The number of amides is 1. The number of nitrogens with one attached hydrogen (secondary N) is 1. The van der Waals surface area contributed by atoms with Crippen molar-refractivity contribution < 1.29 is 4.79 Å². The van der Waals surface area contributed by atoms with E-state index in [1.807, 2.05) is 61.0 Å². The second-order valence-electron chi connectivity index (χ2n) is 7.63. The van der Waals surface area contributed by atoms with Crippen LogP contribution in [0.1, 0.15) is 46.9 Å². The van der Waals surface area contributed by atoms with Crippen molar-refractivity contribution in [2.24, 2.45) is 0 Å². The maximum Gasteiger partial charge on any atom is 0.220 e. The third-order valence-corrected chi connectivity index (χ3v) is 6.57. The summed E-state index contributed by atoms with van der Waals surface area (Å²) in [6.45, 7) is 8.12. The summed E-state index contributed by atoms with van der Waals surface area (Å²) in [7, 11) is 0. The maximum absolute atomic E-state index is 12.5. The van der Waals surface area contributed by atoms with Crippen LogP contribution in [-0.2, 0) is 11.2 Å². The fraction of sp³-hybridized carbons (Fsp3) is 0.292. The zero-order valence-corrected chi connectivity index (χ0v) is 18.6. The number of aryl methyl sites for hydroxylation is 3. The van der Waals surface area contributed by atoms with Crippen LogP contribution in [0.4, 0.5) is 0 Å². The monoisotopic (exact) mass is 418 g/mol. The van der Waals surface area contributed by atoms with Gasteiger partial charge in [-0.05, 0) is 56.7 Å². The summed E-state index contributed by atoms with van der Waals surface area (Å²) in [4.78, 5) is 18.6. The van der Waals surface area contributed by atoms with Crippen molar-refractivity contribution in [3.05, 3.63) is 75.4 Å². The van der Waals surface area contributed by atoms with E-state index in [0.29, 0.717) is 12.8 Å². The molecular weight excluding hydrogens is 392 g/mol. The van der Waals surface area contributed by atoms with E-state index in [1.54, 1.807) is 11.3 Å². The molecule has 1 aromatic carbocycles. The fourth-order valence-corrected chi connectivity index (χ4v) is 4.67. The van der Waals surface area contributed by atoms with Crippen molar-refractivity contribution in [1.82, 2.24) is 19.9 Å². The van der Waals surface area contributed by atoms with Gasteiger partial charge in [-0.2, -0.15) is 5.10 Å². The van der Waals surface area contributed by atoms with E-state index >= 15 is 0 Å². The highest BCUT2D eigenvalue weighted by Crippen LogP contribution is 2.29. The molecule has 0 bridgehead atoms. The molecule has 0 aliphatic carbocycles. The summed E-state index contributed by atoms with van der Waals surface area (Å²) in [5.41, 5.74) is 7.09. The van der Waals surface area contributed by atoms with Gasteiger partial charge in [0, 0.05) is 28.2 Å². The number of hydrogen-bond donors (Lipinski definition) is 1. The second kappa shape index (κ2) is 8.40. The Morgan fingerprint density at radius 3 is 2.57 bits per heavy atom. The molecule has 3 heterocycles. The van der Waals surface area contributed by atoms with Crippen LogP contribution in [0.3, 0.4) is 0 Å². The van der Waals surface area contributed by atoms with Gasteiger partial charge in [-0.1, -0.05) is 36.4 Å². The van der Waals surface area contributed by atoms with Crippen LogP contribution < -0.4 is 5.32 Å². The summed E-state index contributed by atoms with van der Waals surface area (Å²) < 4.78 is 1.92. The Kier molecular flexibility index (Phi) is 5.68. The van der Waals surface area contributed by atoms with Crippen LogP contribution in [0.2, 0.25) is 0 Å². The highest BCUT2D eigenvalue weighted by molar-refractivity contribution is 7.10. The van der Waals surface area contributed by atoms with Crippen molar-refractivity contribution in [2.75, 3.05) is 0 Å². The molecule has 0 saturated heterocycles. The summed E-state index contributed by atoms with van der Waals surface area (Å²) in [6.07, 6.45) is 1.07. The molecule has 1 atom stereocenters. The van der Waals surface area contributed by atoms with Gasteiger partial charge in [-0.15, -0.1) is 11.3 Å². The lowest BCUT2D eigenvalue weighted by Gasteiger charge is -2.14. The Bertz CT molecular complexity index is 1180. The summed E-state index contributed by atoms with van der Waals surface area (Å²) in [6, 6.07) is 14.3. The van der Waals surface area contributed by atoms with Gasteiger partial charge >= 0.3 is 0 Å². The molecular formula is C24H26N4OS. The average Bonchev–Trinajstić information content (AvgIpc) is 3.36. The van der Waals surface area contributed by atoms with E-state index in [0.717, 1.165) is 39.4 Å². The highest BCUT2D eigenvalue weighted by atomic mass is 32.1. The van der Waals surface area contributed by atoms with Crippen molar-refractivity contribution in [2.45, 2.75) is 46.6 Å². The van der Waals surface area contributed by atoms with E-state index in [2.05, 4.69) is 24.4 Å². The Hall–Kier alpha value is -2.99. The van der Waals surface area contributed by atoms with E-state index in [9.17, 15) is 4.79 Å². The Balaban J connectivity index is 1.57. The Morgan fingerprint density at radius 2 is 1.87 bits per heavy atom. The first-order valence-corrected chi connectivity index (χ1v) is 11.1. The predicted octanol–water partition coefficient (Wildman–Crippen LogP) is 5.19. The first-order valence-electron chi connectivity index (χ1n) is 10.2. The Labute approximate surface area is 180 Å². The SMILES string of the molecule is Cc1nc2c(-c3ccccc3)c(C)nn2c(C)c1CCC(=O)N[C@H](C)c1cccs1. The van der Waals surface area contributed by atoms with Gasteiger partial charge in [0.05, 0.1) is 11.7 Å². The van der Waals surface area contributed by atoms with E-state index in [4.69, 9.17) is 10.1 Å². The molecule has 5 nitrogen and oxygen atoms in total. The number of nitrogens with zero attached hydrogens (tertiary/aromatic N) is 3.